The Morgan fingerprint density at radius 2 is 2.40 bits per heavy atom. The van der Waals surface area contributed by atoms with E-state index in [-0.39, 0.29) is 12.1 Å². The Bertz CT molecular complexity index is 399. The van der Waals surface area contributed by atoms with Crippen molar-refractivity contribution in [2.45, 2.75) is 31.9 Å². The van der Waals surface area contributed by atoms with Gasteiger partial charge < -0.3 is 15.0 Å². The molecule has 2 rings (SSSR count). The number of morpholine rings is 1. The second-order valence-corrected chi connectivity index (χ2v) is 6.02. The van der Waals surface area contributed by atoms with Gasteiger partial charge in [-0.3, -0.25) is 4.90 Å². The van der Waals surface area contributed by atoms with Crippen LogP contribution in [0, 0.1) is 0 Å². The molecule has 2 unspecified atom stereocenters. The monoisotopic (exact) mass is 300 g/mol. The zero-order chi connectivity index (χ0) is 14.4. The van der Waals surface area contributed by atoms with Crippen molar-refractivity contribution < 1.29 is 9.26 Å². The first-order chi connectivity index (χ1) is 9.74. The van der Waals surface area contributed by atoms with Crippen LogP contribution < -0.4 is 5.73 Å². The van der Waals surface area contributed by atoms with Crippen LogP contribution in [0.25, 0.3) is 0 Å². The summed E-state index contributed by atoms with van der Waals surface area (Å²) in [7, 11) is 0. The summed E-state index contributed by atoms with van der Waals surface area (Å²) in [5, 5.41) is 4.04. The third-order valence-corrected chi connectivity index (χ3v) is 4.03. The van der Waals surface area contributed by atoms with Gasteiger partial charge in [-0.2, -0.15) is 16.7 Å². The van der Waals surface area contributed by atoms with Gasteiger partial charge in [0.15, 0.2) is 0 Å². The van der Waals surface area contributed by atoms with Crippen molar-refractivity contribution in [2.75, 3.05) is 38.2 Å². The van der Waals surface area contributed by atoms with Gasteiger partial charge in [0.1, 0.15) is 6.10 Å². The fraction of sp³-hybridized carbons (Fsp3) is 0.846. The number of hydrogen-bond acceptors (Lipinski definition) is 7. The molecule has 0 saturated carbocycles. The largest absolute Gasteiger partial charge is 0.367 e. The first-order valence-electron chi connectivity index (χ1n) is 7.16. The molecule has 0 radical (unpaired) electrons. The molecule has 7 heteroatoms. The van der Waals surface area contributed by atoms with E-state index in [4.69, 9.17) is 15.0 Å². The summed E-state index contributed by atoms with van der Waals surface area (Å²) in [4.78, 5) is 6.79. The maximum Gasteiger partial charge on any atom is 0.243 e. The van der Waals surface area contributed by atoms with E-state index in [2.05, 4.69) is 28.2 Å². The van der Waals surface area contributed by atoms with Crippen LogP contribution in [0.5, 0.6) is 0 Å². The van der Waals surface area contributed by atoms with Crippen molar-refractivity contribution in [2.24, 2.45) is 5.73 Å². The molecule has 0 aliphatic carbocycles. The molecule has 1 aliphatic heterocycles. The van der Waals surface area contributed by atoms with E-state index in [1.165, 1.54) is 0 Å². The van der Waals surface area contributed by atoms with Crippen LogP contribution in [-0.2, 0) is 4.74 Å². The number of rotatable bonds is 7. The van der Waals surface area contributed by atoms with Gasteiger partial charge in [0.05, 0.1) is 12.6 Å². The van der Waals surface area contributed by atoms with Gasteiger partial charge in [-0.05, 0) is 31.4 Å². The van der Waals surface area contributed by atoms with Gasteiger partial charge >= 0.3 is 0 Å². The molecule has 1 saturated heterocycles. The second-order valence-electron chi connectivity index (χ2n) is 5.04. The Morgan fingerprint density at radius 1 is 1.55 bits per heavy atom. The van der Waals surface area contributed by atoms with Crippen LogP contribution in [-0.4, -0.2) is 53.3 Å². The van der Waals surface area contributed by atoms with Gasteiger partial charge in [-0.25, -0.2) is 0 Å². The molecule has 20 heavy (non-hydrogen) atoms. The molecule has 0 amide bonds. The summed E-state index contributed by atoms with van der Waals surface area (Å²) < 4.78 is 11.0. The molecule has 2 heterocycles. The van der Waals surface area contributed by atoms with E-state index in [1.54, 1.807) is 11.8 Å². The lowest BCUT2D eigenvalue weighted by molar-refractivity contribution is -0.0350. The minimum Gasteiger partial charge on any atom is -0.367 e. The van der Waals surface area contributed by atoms with Crippen LogP contribution in [0.4, 0.5) is 0 Å². The number of thioether (sulfide) groups is 1. The predicted molar refractivity (Wildman–Crippen MR) is 79.6 cm³/mol. The first-order valence-corrected chi connectivity index (χ1v) is 8.56. The summed E-state index contributed by atoms with van der Waals surface area (Å²) in [5.41, 5.74) is 6.04. The molecule has 1 aliphatic rings. The van der Waals surface area contributed by atoms with Crippen molar-refractivity contribution in [3.63, 3.8) is 0 Å². The van der Waals surface area contributed by atoms with Gasteiger partial charge in [0.25, 0.3) is 0 Å². The van der Waals surface area contributed by atoms with E-state index < -0.39 is 0 Å². The van der Waals surface area contributed by atoms with Crippen LogP contribution in [0.15, 0.2) is 4.52 Å². The van der Waals surface area contributed by atoms with Gasteiger partial charge in [0.2, 0.25) is 11.7 Å². The molecule has 0 bridgehead atoms. The van der Waals surface area contributed by atoms with Gasteiger partial charge in [-0.15, -0.1) is 0 Å². The van der Waals surface area contributed by atoms with Crippen LogP contribution in [0.2, 0.25) is 0 Å². The van der Waals surface area contributed by atoms with Crippen LogP contribution >= 0.6 is 11.8 Å². The average Bonchev–Trinajstić information content (AvgIpc) is 2.95. The summed E-state index contributed by atoms with van der Waals surface area (Å²) in [5.74, 6) is 2.13. The van der Waals surface area contributed by atoms with E-state index in [0.717, 1.165) is 38.2 Å². The Balaban J connectivity index is 1.93. The maximum atomic E-state index is 6.04. The minimum atomic E-state index is -0.181. The van der Waals surface area contributed by atoms with Crippen molar-refractivity contribution in [1.29, 1.82) is 0 Å². The number of nitrogens with zero attached hydrogens (tertiary/aromatic N) is 3. The van der Waals surface area contributed by atoms with Crippen molar-refractivity contribution in [1.82, 2.24) is 15.0 Å². The number of ether oxygens (including phenoxy) is 1. The fourth-order valence-electron chi connectivity index (χ4n) is 2.28. The Morgan fingerprint density at radius 3 is 3.15 bits per heavy atom. The number of aromatic nitrogens is 2. The third kappa shape index (κ3) is 4.18. The zero-order valence-electron chi connectivity index (χ0n) is 12.2. The maximum absolute atomic E-state index is 6.04. The van der Waals surface area contributed by atoms with Crippen LogP contribution in [0.1, 0.15) is 43.6 Å². The molecule has 114 valence electrons. The van der Waals surface area contributed by atoms with Crippen LogP contribution in [0.3, 0.4) is 0 Å². The minimum absolute atomic E-state index is 0.0967. The lowest BCUT2D eigenvalue weighted by atomic mass is 10.2. The number of nitrogens with two attached hydrogens (primary N) is 1. The Kier molecular flexibility index (Phi) is 6.28. The molecule has 0 spiro atoms. The standard InChI is InChI=1S/C13H24N4O2S/c1-3-5-17-6-7-18-11(9-17)12-15-13(19-16-12)10(14)4-8-20-2/h10-11H,3-9,14H2,1-2H3. The van der Waals surface area contributed by atoms with Crippen molar-refractivity contribution in [3.05, 3.63) is 11.7 Å². The molecule has 2 N–H and O–H groups in total. The first kappa shape index (κ1) is 15.8. The van der Waals surface area contributed by atoms with Gasteiger partial charge in [0, 0.05) is 13.1 Å². The Labute approximate surface area is 124 Å². The smallest absolute Gasteiger partial charge is 0.243 e. The lowest BCUT2D eigenvalue weighted by Gasteiger charge is -2.30. The lowest BCUT2D eigenvalue weighted by Crippen LogP contribution is -2.39. The highest BCUT2D eigenvalue weighted by atomic mass is 32.2. The molecule has 1 aromatic heterocycles. The number of hydrogen-bond donors (Lipinski definition) is 1. The SMILES string of the molecule is CCCN1CCOC(c2noc(C(N)CCSC)n2)C1. The summed E-state index contributed by atoms with van der Waals surface area (Å²) in [6.45, 7) is 5.78. The molecule has 0 aromatic carbocycles. The highest BCUT2D eigenvalue weighted by Gasteiger charge is 2.26. The molecule has 1 aromatic rings. The topological polar surface area (TPSA) is 77.4 Å². The average molecular weight is 300 g/mol. The van der Waals surface area contributed by atoms with E-state index >= 15 is 0 Å². The van der Waals surface area contributed by atoms with E-state index in [9.17, 15) is 0 Å². The highest BCUT2D eigenvalue weighted by Crippen LogP contribution is 2.22. The van der Waals surface area contributed by atoms with Crippen molar-refractivity contribution >= 4 is 11.8 Å². The Hall–Kier alpha value is -0.630. The fourth-order valence-corrected chi connectivity index (χ4v) is 2.76. The third-order valence-electron chi connectivity index (χ3n) is 3.39. The van der Waals surface area contributed by atoms with E-state index in [1.807, 2.05) is 0 Å². The molecular weight excluding hydrogens is 276 g/mol. The molecular formula is C13H24N4O2S. The molecule has 6 nitrogen and oxygen atoms in total. The van der Waals surface area contributed by atoms with E-state index in [0.29, 0.717) is 18.3 Å². The summed E-state index contributed by atoms with van der Waals surface area (Å²) in [6, 6.07) is -0.181. The zero-order valence-corrected chi connectivity index (χ0v) is 13.1. The summed E-state index contributed by atoms with van der Waals surface area (Å²) in [6.07, 6.45) is 3.95. The normalized spacial score (nSPS) is 22.1. The quantitative estimate of drug-likeness (QED) is 0.819. The molecule has 1 fully saturated rings. The second kappa shape index (κ2) is 7.97. The molecule has 2 atom stereocenters. The highest BCUT2D eigenvalue weighted by molar-refractivity contribution is 7.98. The van der Waals surface area contributed by atoms with Crippen molar-refractivity contribution in [3.8, 4) is 0 Å². The predicted octanol–water partition coefficient (Wildman–Crippen LogP) is 1.61. The van der Waals surface area contributed by atoms with Gasteiger partial charge in [-0.1, -0.05) is 12.1 Å². The summed E-state index contributed by atoms with van der Waals surface area (Å²) >= 11 is 1.76.